The quantitative estimate of drug-likeness (QED) is 0.670. The highest BCUT2D eigenvalue weighted by Gasteiger charge is 2.53. The Morgan fingerprint density at radius 2 is 2.10 bits per heavy atom. The monoisotopic (exact) mass is 286 g/mol. The predicted molar refractivity (Wildman–Crippen MR) is 62.9 cm³/mol. The number of aliphatic hydroxyl groups excluding tert-OH is 1. The Balaban J connectivity index is 1.93. The minimum atomic E-state index is -0.871. The normalized spacial score (nSPS) is 36.2. The first-order valence-electron chi connectivity index (χ1n) is 6.05. The SMILES string of the molecule is COC1OC2[C@@H](O1)[C@@H](CO)O[C@H]2n1ccc(=O)[nH]c1=O. The standard InChI is InChI=1S/C11H14N2O7/c1-17-11-19-7-5(4-14)18-9(8(7)20-11)13-3-2-6(15)12-10(13)16/h2-3,5,7-9,11,14H,4H2,1H3,(H,12,15,16)/t5-,7+,8?,9-,11?/m1/s1. The summed E-state index contributed by atoms with van der Waals surface area (Å²) in [6.07, 6.45) is -1.29. The Morgan fingerprint density at radius 3 is 2.75 bits per heavy atom. The molecular formula is C11H14N2O7. The van der Waals surface area contributed by atoms with Crippen LogP contribution in [0.15, 0.2) is 21.9 Å². The first-order chi connectivity index (χ1) is 9.63. The van der Waals surface area contributed by atoms with Gasteiger partial charge in [-0.15, -0.1) is 0 Å². The van der Waals surface area contributed by atoms with Crippen molar-refractivity contribution in [2.75, 3.05) is 13.7 Å². The van der Waals surface area contributed by atoms with E-state index in [2.05, 4.69) is 4.98 Å². The smallest absolute Gasteiger partial charge is 0.330 e. The number of fused-ring (bicyclic) bond motifs is 1. The molecule has 3 heterocycles. The summed E-state index contributed by atoms with van der Waals surface area (Å²) in [5.74, 6) is 0. The summed E-state index contributed by atoms with van der Waals surface area (Å²) in [5.41, 5.74) is -1.12. The highest BCUT2D eigenvalue weighted by atomic mass is 16.9. The van der Waals surface area contributed by atoms with E-state index in [1.807, 2.05) is 0 Å². The van der Waals surface area contributed by atoms with Crippen LogP contribution in [0.2, 0.25) is 0 Å². The summed E-state index contributed by atoms with van der Waals surface area (Å²) in [7, 11) is 1.42. The molecule has 110 valence electrons. The second-order valence-corrected chi connectivity index (χ2v) is 4.49. The van der Waals surface area contributed by atoms with Crippen LogP contribution in [0.25, 0.3) is 0 Å². The molecule has 0 bridgehead atoms. The van der Waals surface area contributed by atoms with E-state index in [1.54, 1.807) is 0 Å². The zero-order valence-corrected chi connectivity index (χ0v) is 10.6. The molecule has 2 aliphatic heterocycles. The Labute approximate surface area is 112 Å². The van der Waals surface area contributed by atoms with E-state index in [0.717, 1.165) is 0 Å². The molecule has 9 nitrogen and oxygen atoms in total. The van der Waals surface area contributed by atoms with Crippen molar-refractivity contribution in [1.29, 1.82) is 0 Å². The van der Waals surface area contributed by atoms with Crippen molar-refractivity contribution in [2.45, 2.75) is 31.0 Å². The Kier molecular flexibility index (Phi) is 3.44. The second-order valence-electron chi connectivity index (χ2n) is 4.49. The minimum Gasteiger partial charge on any atom is -0.394 e. The van der Waals surface area contributed by atoms with Gasteiger partial charge < -0.3 is 24.1 Å². The van der Waals surface area contributed by atoms with Gasteiger partial charge in [-0.3, -0.25) is 14.3 Å². The first-order valence-corrected chi connectivity index (χ1v) is 6.05. The van der Waals surface area contributed by atoms with Crippen LogP contribution in [-0.2, 0) is 18.9 Å². The molecule has 3 rings (SSSR count). The molecule has 9 heteroatoms. The fraction of sp³-hybridized carbons (Fsp3) is 0.636. The lowest BCUT2D eigenvalue weighted by atomic mass is 10.1. The van der Waals surface area contributed by atoms with E-state index >= 15 is 0 Å². The molecule has 2 unspecified atom stereocenters. The van der Waals surface area contributed by atoms with Gasteiger partial charge in [0, 0.05) is 19.4 Å². The molecule has 1 aromatic heterocycles. The molecule has 0 aliphatic carbocycles. The van der Waals surface area contributed by atoms with Gasteiger partial charge in [-0.2, -0.15) is 0 Å². The number of hydrogen-bond donors (Lipinski definition) is 2. The van der Waals surface area contributed by atoms with Gasteiger partial charge in [-0.05, 0) is 0 Å². The molecule has 1 aromatic rings. The van der Waals surface area contributed by atoms with Crippen LogP contribution in [0.3, 0.4) is 0 Å². The number of ether oxygens (including phenoxy) is 4. The first kappa shape index (κ1) is 13.5. The van der Waals surface area contributed by atoms with E-state index in [1.165, 1.54) is 23.9 Å². The average Bonchev–Trinajstić information content (AvgIpc) is 2.97. The molecular weight excluding hydrogens is 272 g/mol. The summed E-state index contributed by atoms with van der Waals surface area (Å²) < 4.78 is 22.6. The number of nitrogens with one attached hydrogen (secondary N) is 1. The number of nitrogens with zero attached hydrogens (tertiary/aromatic N) is 1. The van der Waals surface area contributed by atoms with Crippen molar-refractivity contribution in [3.05, 3.63) is 33.1 Å². The predicted octanol–water partition coefficient (Wildman–Crippen LogP) is -1.86. The van der Waals surface area contributed by atoms with E-state index in [9.17, 15) is 14.7 Å². The van der Waals surface area contributed by atoms with Gasteiger partial charge in [0.15, 0.2) is 6.23 Å². The molecule has 2 aliphatic rings. The Morgan fingerprint density at radius 1 is 1.35 bits per heavy atom. The maximum atomic E-state index is 11.8. The maximum absolute atomic E-state index is 11.8. The molecule has 2 fully saturated rings. The van der Waals surface area contributed by atoms with Gasteiger partial charge in [0.2, 0.25) is 0 Å². The number of hydrogen-bond acceptors (Lipinski definition) is 7. The van der Waals surface area contributed by atoms with Crippen LogP contribution in [0.4, 0.5) is 0 Å². The highest BCUT2D eigenvalue weighted by Crippen LogP contribution is 2.38. The molecule has 0 radical (unpaired) electrons. The van der Waals surface area contributed by atoms with E-state index < -0.39 is 42.3 Å². The second kappa shape index (κ2) is 5.11. The van der Waals surface area contributed by atoms with Crippen LogP contribution in [0, 0.1) is 0 Å². The van der Waals surface area contributed by atoms with Crippen LogP contribution >= 0.6 is 0 Å². The summed E-state index contributed by atoms with van der Waals surface area (Å²) in [4.78, 5) is 25.0. The molecule has 0 spiro atoms. The Bertz CT molecular complexity index is 597. The van der Waals surface area contributed by atoms with Gasteiger partial charge in [-0.25, -0.2) is 4.79 Å². The number of aliphatic hydroxyl groups is 1. The number of aromatic amines is 1. The Hall–Kier alpha value is -1.52. The number of H-pyrrole nitrogens is 1. The highest BCUT2D eigenvalue weighted by molar-refractivity contribution is 4.96. The molecule has 0 saturated carbocycles. The topological polar surface area (TPSA) is 112 Å². The van der Waals surface area contributed by atoms with Gasteiger partial charge in [0.25, 0.3) is 12.0 Å². The van der Waals surface area contributed by atoms with Gasteiger partial charge >= 0.3 is 5.69 Å². The fourth-order valence-electron chi connectivity index (χ4n) is 2.42. The zero-order chi connectivity index (χ0) is 14.3. The minimum absolute atomic E-state index is 0.282. The fourth-order valence-corrected chi connectivity index (χ4v) is 2.42. The molecule has 5 atom stereocenters. The van der Waals surface area contributed by atoms with Gasteiger partial charge in [0.1, 0.15) is 18.3 Å². The molecule has 0 amide bonds. The third kappa shape index (κ3) is 2.09. The van der Waals surface area contributed by atoms with Crippen molar-refractivity contribution in [1.82, 2.24) is 9.55 Å². The molecule has 2 N–H and O–H groups in total. The number of aromatic nitrogens is 2. The van der Waals surface area contributed by atoms with E-state index in [-0.39, 0.29) is 6.61 Å². The van der Waals surface area contributed by atoms with Crippen molar-refractivity contribution >= 4 is 0 Å². The third-order valence-electron chi connectivity index (χ3n) is 3.32. The van der Waals surface area contributed by atoms with E-state index in [0.29, 0.717) is 0 Å². The lowest BCUT2D eigenvalue weighted by Crippen LogP contribution is -2.36. The molecule has 0 aromatic carbocycles. The maximum Gasteiger partial charge on any atom is 0.330 e. The van der Waals surface area contributed by atoms with Crippen molar-refractivity contribution in [2.24, 2.45) is 0 Å². The van der Waals surface area contributed by atoms with Gasteiger partial charge in [0.05, 0.1) is 6.61 Å². The van der Waals surface area contributed by atoms with Crippen LogP contribution in [-0.4, -0.2) is 53.2 Å². The lowest BCUT2D eigenvalue weighted by Gasteiger charge is -2.19. The van der Waals surface area contributed by atoms with Crippen LogP contribution in [0.5, 0.6) is 0 Å². The van der Waals surface area contributed by atoms with Gasteiger partial charge in [-0.1, -0.05) is 0 Å². The average molecular weight is 286 g/mol. The molecule has 2 saturated heterocycles. The third-order valence-corrected chi connectivity index (χ3v) is 3.32. The van der Waals surface area contributed by atoms with Crippen molar-refractivity contribution < 1.29 is 24.1 Å². The summed E-state index contributed by atoms with van der Waals surface area (Å²) >= 11 is 0. The molecule has 20 heavy (non-hydrogen) atoms. The largest absolute Gasteiger partial charge is 0.394 e. The number of methoxy groups -OCH3 is 1. The van der Waals surface area contributed by atoms with Crippen LogP contribution in [0.1, 0.15) is 6.23 Å². The number of rotatable bonds is 3. The van der Waals surface area contributed by atoms with Crippen LogP contribution < -0.4 is 11.2 Å². The van der Waals surface area contributed by atoms with Crippen molar-refractivity contribution in [3.8, 4) is 0 Å². The van der Waals surface area contributed by atoms with E-state index in [4.69, 9.17) is 18.9 Å². The lowest BCUT2D eigenvalue weighted by molar-refractivity contribution is -0.257. The zero-order valence-electron chi connectivity index (χ0n) is 10.6. The van der Waals surface area contributed by atoms with Crippen molar-refractivity contribution in [3.63, 3.8) is 0 Å². The summed E-state index contributed by atoms with van der Waals surface area (Å²) in [6, 6.07) is 1.20. The summed E-state index contributed by atoms with van der Waals surface area (Å²) in [6.45, 7) is -1.15. The summed E-state index contributed by atoms with van der Waals surface area (Å²) in [5, 5.41) is 9.30.